The predicted molar refractivity (Wildman–Crippen MR) is 89.0 cm³/mol. The zero-order valence-corrected chi connectivity index (χ0v) is 14.1. The van der Waals surface area contributed by atoms with Gasteiger partial charge in [-0.3, -0.25) is 4.79 Å². The number of carbonyl (C=O) groups excluding carboxylic acids is 1. The van der Waals surface area contributed by atoms with E-state index in [0.717, 1.165) is 18.4 Å². The molecule has 2 aromatic carbocycles. The van der Waals surface area contributed by atoms with Crippen LogP contribution in [0.2, 0.25) is 0 Å². The first kappa shape index (κ1) is 18.1. The summed E-state index contributed by atoms with van der Waals surface area (Å²) in [6.45, 7) is -2.48. The van der Waals surface area contributed by atoms with Crippen molar-refractivity contribution in [2.45, 2.75) is 25.5 Å². The fraction of sp³-hybridized carbons (Fsp3) is 0.316. The number of benzene rings is 2. The highest BCUT2D eigenvalue weighted by Crippen LogP contribution is 2.35. The first-order valence-electron chi connectivity index (χ1n) is 8.19. The van der Waals surface area contributed by atoms with E-state index >= 15 is 0 Å². The van der Waals surface area contributed by atoms with E-state index in [9.17, 15) is 18.0 Å². The van der Waals surface area contributed by atoms with Crippen molar-refractivity contribution in [3.63, 3.8) is 0 Å². The third-order valence-electron chi connectivity index (χ3n) is 4.40. The standard InChI is InChI=1S/C19H18F3NO3/c1-25-16-9-6-13(11-17(16)26-19(21)22)18(24)23-10-2-3-15(23)12-4-7-14(20)8-5-12/h4-9,11,15,19H,2-3,10H2,1H3. The number of hydrogen-bond donors (Lipinski definition) is 0. The highest BCUT2D eigenvalue weighted by atomic mass is 19.3. The van der Waals surface area contributed by atoms with Gasteiger partial charge in [0, 0.05) is 12.1 Å². The normalized spacial score (nSPS) is 16.8. The number of likely N-dealkylation sites (tertiary alicyclic amines) is 1. The van der Waals surface area contributed by atoms with Crippen molar-refractivity contribution < 1.29 is 27.4 Å². The zero-order valence-electron chi connectivity index (χ0n) is 14.1. The summed E-state index contributed by atoms with van der Waals surface area (Å²) in [4.78, 5) is 14.6. The molecule has 1 fully saturated rings. The molecule has 138 valence electrons. The minimum absolute atomic E-state index is 0.123. The lowest BCUT2D eigenvalue weighted by molar-refractivity contribution is -0.0512. The average molecular weight is 365 g/mol. The van der Waals surface area contributed by atoms with Crippen molar-refractivity contribution in [2.75, 3.05) is 13.7 Å². The third kappa shape index (κ3) is 3.76. The summed E-state index contributed by atoms with van der Waals surface area (Å²) in [5.74, 6) is -0.698. The van der Waals surface area contributed by atoms with Gasteiger partial charge in [-0.1, -0.05) is 12.1 Å². The van der Waals surface area contributed by atoms with Crippen LogP contribution in [0.25, 0.3) is 0 Å². The molecule has 4 nitrogen and oxygen atoms in total. The topological polar surface area (TPSA) is 38.8 Å². The fourth-order valence-electron chi connectivity index (χ4n) is 3.20. The van der Waals surface area contributed by atoms with Crippen LogP contribution in [-0.2, 0) is 0 Å². The molecule has 2 aromatic rings. The molecular formula is C19H18F3NO3. The van der Waals surface area contributed by atoms with Crippen molar-refractivity contribution in [1.29, 1.82) is 0 Å². The minimum atomic E-state index is -3.02. The Morgan fingerprint density at radius 3 is 2.54 bits per heavy atom. The monoisotopic (exact) mass is 365 g/mol. The first-order chi connectivity index (χ1) is 12.5. The van der Waals surface area contributed by atoms with Crippen molar-refractivity contribution in [3.8, 4) is 11.5 Å². The van der Waals surface area contributed by atoms with E-state index in [1.807, 2.05) is 0 Å². The number of carbonyl (C=O) groups is 1. The van der Waals surface area contributed by atoms with E-state index < -0.39 is 6.61 Å². The van der Waals surface area contributed by atoms with Crippen molar-refractivity contribution >= 4 is 5.91 Å². The van der Waals surface area contributed by atoms with Crippen LogP contribution in [0.5, 0.6) is 11.5 Å². The molecule has 0 saturated carbocycles. The van der Waals surface area contributed by atoms with Gasteiger partial charge in [-0.15, -0.1) is 0 Å². The van der Waals surface area contributed by atoms with Crippen LogP contribution in [0.4, 0.5) is 13.2 Å². The number of amides is 1. The van der Waals surface area contributed by atoms with Crippen LogP contribution in [0, 0.1) is 5.82 Å². The summed E-state index contributed by atoms with van der Waals surface area (Å²) in [5.41, 5.74) is 1.07. The van der Waals surface area contributed by atoms with Gasteiger partial charge in [0.05, 0.1) is 13.2 Å². The second kappa shape index (κ2) is 7.68. The molecule has 0 radical (unpaired) electrons. The van der Waals surface area contributed by atoms with Gasteiger partial charge >= 0.3 is 6.61 Å². The molecule has 0 bridgehead atoms. The highest BCUT2D eigenvalue weighted by molar-refractivity contribution is 5.95. The predicted octanol–water partition coefficient (Wildman–Crippen LogP) is 4.41. The second-order valence-electron chi connectivity index (χ2n) is 5.95. The SMILES string of the molecule is COc1ccc(C(=O)N2CCCC2c2ccc(F)cc2)cc1OC(F)F. The molecule has 0 spiro atoms. The van der Waals surface area contributed by atoms with Gasteiger partial charge < -0.3 is 14.4 Å². The van der Waals surface area contributed by atoms with Crippen molar-refractivity contribution in [3.05, 3.63) is 59.4 Å². The number of nitrogens with zero attached hydrogens (tertiary/aromatic N) is 1. The molecule has 0 N–H and O–H groups in total. The quantitative estimate of drug-likeness (QED) is 0.788. The minimum Gasteiger partial charge on any atom is -0.493 e. The fourth-order valence-corrected chi connectivity index (χ4v) is 3.20. The molecule has 1 aliphatic heterocycles. The molecule has 0 aliphatic carbocycles. The van der Waals surface area contributed by atoms with E-state index in [1.165, 1.54) is 37.4 Å². The van der Waals surface area contributed by atoms with Crippen LogP contribution >= 0.6 is 0 Å². The van der Waals surface area contributed by atoms with Crippen LogP contribution in [0.3, 0.4) is 0 Å². The van der Waals surface area contributed by atoms with Crippen molar-refractivity contribution in [1.82, 2.24) is 4.90 Å². The largest absolute Gasteiger partial charge is 0.493 e. The Bertz CT molecular complexity index is 780. The van der Waals surface area contributed by atoms with Crippen LogP contribution < -0.4 is 9.47 Å². The molecule has 1 amide bonds. The Morgan fingerprint density at radius 2 is 1.88 bits per heavy atom. The molecule has 1 heterocycles. The van der Waals surface area contributed by atoms with Crippen LogP contribution in [0.1, 0.15) is 34.8 Å². The van der Waals surface area contributed by atoms with Crippen LogP contribution in [-0.4, -0.2) is 31.1 Å². The summed E-state index contributed by atoms with van der Waals surface area (Å²) in [6, 6.07) is 10.1. The Balaban J connectivity index is 1.86. The van der Waals surface area contributed by atoms with Gasteiger partial charge in [-0.05, 0) is 48.7 Å². The average Bonchev–Trinajstić information content (AvgIpc) is 3.11. The van der Waals surface area contributed by atoms with Crippen LogP contribution in [0.15, 0.2) is 42.5 Å². The summed E-state index contributed by atoms with van der Waals surface area (Å²) in [6.07, 6.45) is 1.57. The Kier molecular flexibility index (Phi) is 5.35. The molecular weight excluding hydrogens is 347 g/mol. The van der Waals surface area contributed by atoms with E-state index in [4.69, 9.17) is 4.74 Å². The maximum atomic E-state index is 13.1. The van der Waals surface area contributed by atoms with Gasteiger partial charge in [0.25, 0.3) is 5.91 Å². The van der Waals surface area contributed by atoms with Gasteiger partial charge in [0.2, 0.25) is 0 Å². The lowest BCUT2D eigenvalue weighted by Crippen LogP contribution is -2.30. The lowest BCUT2D eigenvalue weighted by atomic mass is 10.0. The molecule has 1 aliphatic rings. The highest BCUT2D eigenvalue weighted by Gasteiger charge is 2.31. The summed E-state index contributed by atoms with van der Waals surface area (Å²) in [7, 11) is 1.33. The lowest BCUT2D eigenvalue weighted by Gasteiger charge is -2.25. The maximum Gasteiger partial charge on any atom is 0.387 e. The third-order valence-corrected chi connectivity index (χ3v) is 4.40. The van der Waals surface area contributed by atoms with Gasteiger partial charge in [-0.2, -0.15) is 8.78 Å². The van der Waals surface area contributed by atoms with E-state index in [0.29, 0.717) is 6.54 Å². The smallest absolute Gasteiger partial charge is 0.387 e. The first-order valence-corrected chi connectivity index (χ1v) is 8.19. The molecule has 1 unspecified atom stereocenters. The second-order valence-corrected chi connectivity index (χ2v) is 5.95. The number of ether oxygens (including phenoxy) is 2. The van der Waals surface area contributed by atoms with E-state index in [-0.39, 0.29) is 34.8 Å². The number of methoxy groups -OCH3 is 1. The van der Waals surface area contributed by atoms with Gasteiger partial charge in [0.1, 0.15) is 5.82 Å². The Morgan fingerprint density at radius 1 is 1.15 bits per heavy atom. The Hall–Kier alpha value is -2.70. The maximum absolute atomic E-state index is 13.1. The van der Waals surface area contributed by atoms with E-state index in [1.54, 1.807) is 17.0 Å². The molecule has 1 saturated heterocycles. The molecule has 26 heavy (non-hydrogen) atoms. The molecule has 7 heteroatoms. The number of halogens is 3. The van der Waals surface area contributed by atoms with Gasteiger partial charge in [0.15, 0.2) is 11.5 Å². The molecule has 0 aromatic heterocycles. The van der Waals surface area contributed by atoms with E-state index in [2.05, 4.69) is 4.74 Å². The summed E-state index contributed by atoms with van der Waals surface area (Å²) >= 11 is 0. The molecule has 3 rings (SSSR count). The van der Waals surface area contributed by atoms with Crippen molar-refractivity contribution in [2.24, 2.45) is 0 Å². The number of rotatable bonds is 5. The molecule has 1 atom stereocenters. The van der Waals surface area contributed by atoms with Gasteiger partial charge in [-0.25, -0.2) is 4.39 Å². The number of hydrogen-bond acceptors (Lipinski definition) is 3. The number of alkyl halides is 2. The summed E-state index contributed by atoms with van der Waals surface area (Å²) < 4.78 is 47.7. The zero-order chi connectivity index (χ0) is 18.7. The summed E-state index contributed by atoms with van der Waals surface area (Å²) in [5, 5.41) is 0. The Labute approximate surface area is 149 Å².